The summed E-state index contributed by atoms with van der Waals surface area (Å²) in [6, 6.07) is 1.98. The molecule has 0 radical (unpaired) electrons. The number of carboxylic acids is 1. The molecular weight excluding hydrogens is 665 g/mol. The molecule has 1 aromatic rings. The van der Waals surface area contributed by atoms with Gasteiger partial charge in [0.1, 0.15) is 17.1 Å². The highest BCUT2D eigenvalue weighted by Crippen LogP contribution is 2.45. The minimum absolute atomic E-state index is 0.0364. The fourth-order valence-electron chi connectivity index (χ4n) is 4.43. The third-order valence-corrected chi connectivity index (χ3v) is 10.9. The van der Waals surface area contributed by atoms with Gasteiger partial charge >= 0.3 is 5.97 Å². The Morgan fingerprint density at radius 1 is 1.31 bits per heavy atom. The minimum atomic E-state index is -1.27. The highest BCUT2D eigenvalue weighted by molar-refractivity contribution is 8.06. The van der Waals surface area contributed by atoms with Crippen molar-refractivity contribution >= 4 is 82.5 Å². The number of fused-ring (bicyclic) bond motifs is 1. The van der Waals surface area contributed by atoms with E-state index >= 15 is 0 Å². The number of aliphatic carboxylic acids is 1. The second-order valence-electron chi connectivity index (χ2n) is 9.76. The number of nitrogens with zero attached hydrogens (tertiary/aromatic N) is 4. The largest absolute Gasteiger partial charge is 0.477 e. The lowest BCUT2D eigenvalue weighted by Crippen LogP contribution is -2.71. The lowest BCUT2D eigenvalue weighted by molar-refractivity contribution is -0.150. The Hall–Kier alpha value is -3.01. The molecule has 1 unspecified atom stereocenters. The Labute approximate surface area is 275 Å². The van der Waals surface area contributed by atoms with Gasteiger partial charge < -0.3 is 37.1 Å². The molecule has 0 saturated carbocycles. The maximum atomic E-state index is 13.1. The summed E-state index contributed by atoms with van der Waals surface area (Å²) in [5.41, 5.74) is 16.5. The van der Waals surface area contributed by atoms with Gasteiger partial charge in [-0.2, -0.15) is 11.8 Å². The van der Waals surface area contributed by atoms with E-state index < -0.39 is 46.5 Å². The predicted octanol–water partition coefficient (Wildman–Crippen LogP) is -0.602. The number of rotatable bonds is 16. The van der Waals surface area contributed by atoms with Crippen LogP contribution in [0.15, 0.2) is 44.0 Å². The number of hydrogen-bond acceptors (Lipinski definition) is 16. The van der Waals surface area contributed by atoms with Gasteiger partial charge in [-0.25, -0.2) is 9.79 Å². The van der Waals surface area contributed by atoms with Crippen molar-refractivity contribution < 1.29 is 29.5 Å². The molecule has 3 amide bonds. The van der Waals surface area contributed by atoms with Crippen LogP contribution in [0.5, 0.6) is 0 Å². The fraction of sp³-hybridized carbons (Fsp3) is 0.480. The number of carbonyl (C=O) groups is 4. The Morgan fingerprint density at radius 3 is 2.80 bits per heavy atom. The van der Waals surface area contributed by atoms with Crippen molar-refractivity contribution in [3.63, 3.8) is 0 Å². The first kappa shape index (κ1) is 34.9. The molecule has 1 aromatic heterocycles. The van der Waals surface area contributed by atoms with Crippen LogP contribution in [0, 0.1) is 0 Å². The minimum Gasteiger partial charge on any atom is -0.477 e. The first-order valence-electron chi connectivity index (χ1n) is 13.8. The second-order valence-corrected chi connectivity index (χ2v) is 14.0. The first-order chi connectivity index (χ1) is 21.7. The summed E-state index contributed by atoms with van der Waals surface area (Å²) in [7, 11) is 0. The van der Waals surface area contributed by atoms with Crippen molar-refractivity contribution in [1.82, 2.24) is 25.2 Å². The Morgan fingerprint density at radius 2 is 2.11 bits per heavy atom. The number of hydrogen-bond donors (Lipinski definition) is 8. The highest BCUT2D eigenvalue weighted by Gasteiger charge is 2.54. The lowest BCUT2D eigenvalue weighted by atomic mass is 10.0. The Bertz CT molecular complexity index is 1400. The van der Waals surface area contributed by atoms with Gasteiger partial charge in [0, 0.05) is 39.8 Å². The Kier molecular flexibility index (Phi) is 12.8. The molecule has 1 fully saturated rings. The second kappa shape index (κ2) is 16.5. The van der Waals surface area contributed by atoms with E-state index in [9.17, 15) is 29.5 Å². The van der Waals surface area contributed by atoms with E-state index in [-0.39, 0.29) is 23.2 Å². The molecule has 16 nitrogen and oxygen atoms in total. The van der Waals surface area contributed by atoms with Crippen molar-refractivity contribution in [3.05, 3.63) is 34.6 Å². The molecule has 20 heteroatoms. The molecule has 45 heavy (non-hydrogen) atoms. The maximum absolute atomic E-state index is 13.1. The fourth-order valence-corrected chi connectivity index (χ4v) is 8.44. The molecule has 0 bridgehead atoms. The maximum Gasteiger partial charge on any atom is 0.353 e. The van der Waals surface area contributed by atoms with Crippen LogP contribution in [-0.2, 0) is 24.9 Å². The van der Waals surface area contributed by atoms with Gasteiger partial charge in [-0.15, -0.1) is 11.8 Å². The summed E-state index contributed by atoms with van der Waals surface area (Å²) < 4.78 is 2.68. The zero-order valence-corrected chi connectivity index (χ0v) is 27.1. The molecule has 1 saturated heterocycles. The number of nitrogens with one attached hydrogen (secondary N) is 3. The van der Waals surface area contributed by atoms with Crippen LogP contribution in [0.2, 0.25) is 0 Å². The summed E-state index contributed by atoms with van der Waals surface area (Å²) in [6.45, 7) is 1.01. The number of thioether (sulfide) groups is 3. The van der Waals surface area contributed by atoms with Crippen LogP contribution in [0.1, 0.15) is 25.0 Å². The van der Waals surface area contributed by atoms with Crippen LogP contribution in [0.3, 0.4) is 0 Å². The van der Waals surface area contributed by atoms with Crippen molar-refractivity contribution in [2.45, 2.75) is 52.9 Å². The molecule has 0 aromatic carbocycles. The van der Waals surface area contributed by atoms with Crippen molar-refractivity contribution in [1.29, 1.82) is 0 Å². The van der Waals surface area contributed by atoms with Crippen molar-refractivity contribution in [2.24, 2.45) is 27.3 Å². The molecule has 3 aliphatic heterocycles. The standard InChI is InChI=1S/C25H34N10O6S4/c26-6-2-1-4-12(27)20(36)30-8-9-42-10-13-14(5-3-7-29-13)44-15-11-43-23-17(22(38)35(23)18(15)24(39)40)31-21(37)16(33-41)19-32-25(28)45-34-19/h3,5,7,12,17,23,25,41H,1-2,4,6,8-11,26-28H2,(H,30,36)(H,31,37)(H,32,34)(H,39,40)/b33-16-/t12-,17+,23+,25?/m0/s1. The molecule has 3 aliphatic rings. The van der Waals surface area contributed by atoms with E-state index in [0.717, 1.165) is 40.3 Å². The first-order valence-corrected chi connectivity index (χ1v) is 17.7. The quantitative estimate of drug-likeness (QED) is 0.0268. The van der Waals surface area contributed by atoms with E-state index in [1.54, 1.807) is 24.0 Å². The van der Waals surface area contributed by atoms with Crippen LogP contribution in [0.4, 0.5) is 0 Å². The molecule has 4 rings (SSSR count). The van der Waals surface area contributed by atoms with Crippen LogP contribution >= 0.6 is 47.2 Å². The number of aromatic nitrogens is 1. The molecule has 244 valence electrons. The number of amides is 3. The third kappa shape index (κ3) is 8.63. The van der Waals surface area contributed by atoms with Crippen molar-refractivity contribution in [2.75, 3.05) is 24.6 Å². The van der Waals surface area contributed by atoms with Gasteiger partial charge in [0.2, 0.25) is 11.6 Å². The molecular formula is C25H34N10O6S4. The average molecular weight is 699 g/mol. The number of carboxylic acid groups (broad SMARTS) is 1. The molecule has 4 heterocycles. The number of aliphatic imine (C=N–C) groups is 1. The molecule has 11 N–H and O–H groups in total. The number of oxime groups is 1. The summed E-state index contributed by atoms with van der Waals surface area (Å²) >= 11 is 5.10. The molecule has 0 aliphatic carbocycles. The van der Waals surface area contributed by atoms with Gasteiger partial charge in [-0.3, -0.25) is 30.0 Å². The normalized spacial score (nSPS) is 21.8. The smallest absolute Gasteiger partial charge is 0.353 e. The zero-order valence-electron chi connectivity index (χ0n) is 23.9. The van der Waals surface area contributed by atoms with Crippen LogP contribution in [0.25, 0.3) is 0 Å². The zero-order chi connectivity index (χ0) is 32.5. The third-order valence-electron chi connectivity index (χ3n) is 6.67. The number of carbonyl (C=O) groups excluding carboxylic acids is 3. The number of amidine groups is 1. The SMILES string of the molecule is NCCCC[C@H](N)C(=O)NCCSCc1ncccc1SC1=C(C(=O)O)N2C(=O)[C@@H](NC(=O)/C(=N\O)C3=NC(N)SN3)[C@H]2SC1. The van der Waals surface area contributed by atoms with E-state index in [2.05, 4.69) is 30.5 Å². The number of unbranched alkanes of at least 4 members (excludes halogenated alkanes) is 1. The van der Waals surface area contributed by atoms with E-state index in [0.29, 0.717) is 35.9 Å². The summed E-state index contributed by atoms with van der Waals surface area (Å²) in [4.78, 5) is 61.2. The van der Waals surface area contributed by atoms with Gasteiger partial charge in [-0.1, -0.05) is 23.3 Å². The summed E-state index contributed by atoms with van der Waals surface area (Å²) in [5, 5.41) is 27.1. The van der Waals surface area contributed by atoms with Gasteiger partial charge in [0.05, 0.1) is 11.7 Å². The highest BCUT2D eigenvalue weighted by atomic mass is 32.2. The monoisotopic (exact) mass is 698 g/mol. The summed E-state index contributed by atoms with van der Waals surface area (Å²) in [5.74, 6) is -1.57. The average Bonchev–Trinajstić information content (AvgIpc) is 3.45. The molecule has 4 atom stereocenters. The topological polar surface area (TPSA) is 264 Å². The summed E-state index contributed by atoms with van der Waals surface area (Å²) in [6.07, 6.45) is 3.85. The van der Waals surface area contributed by atoms with Gasteiger partial charge in [-0.05, 0) is 43.5 Å². The Balaban J connectivity index is 1.35. The predicted molar refractivity (Wildman–Crippen MR) is 175 cm³/mol. The van der Waals surface area contributed by atoms with Crippen LogP contribution < -0.4 is 32.6 Å². The van der Waals surface area contributed by atoms with Crippen molar-refractivity contribution in [3.8, 4) is 0 Å². The number of nitrogens with two attached hydrogens (primary N) is 3. The van der Waals surface area contributed by atoms with Crippen LogP contribution in [-0.4, -0.2) is 103 Å². The molecule has 0 spiro atoms. The lowest BCUT2D eigenvalue weighted by Gasteiger charge is -2.49. The van der Waals surface area contributed by atoms with Gasteiger partial charge in [0.15, 0.2) is 11.3 Å². The van der Waals surface area contributed by atoms with E-state index in [4.69, 9.17) is 17.2 Å². The van der Waals surface area contributed by atoms with E-state index in [1.807, 2.05) is 6.07 Å². The van der Waals surface area contributed by atoms with Gasteiger partial charge in [0.25, 0.3) is 11.8 Å². The number of β-lactam (4-membered cyclic amide) rings is 1. The van der Waals surface area contributed by atoms with E-state index in [1.165, 1.54) is 23.5 Å². The number of pyridine rings is 1.